The first kappa shape index (κ1) is 20.5. The molecule has 2 heterocycles. The summed E-state index contributed by atoms with van der Waals surface area (Å²) in [6.45, 7) is 5.39. The number of hydrogen-bond acceptors (Lipinski definition) is 5. The quantitative estimate of drug-likeness (QED) is 0.479. The van der Waals surface area contributed by atoms with Crippen LogP contribution in [0.3, 0.4) is 0 Å². The third-order valence-electron chi connectivity index (χ3n) is 5.17. The van der Waals surface area contributed by atoms with Gasteiger partial charge in [-0.05, 0) is 42.3 Å². The summed E-state index contributed by atoms with van der Waals surface area (Å²) in [4.78, 5) is 22.9. The summed E-state index contributed by atoms with van der Waals surface area (Å²) in [6.07, 6.45) is 1.56. The molecule has 4 rings (SSSR count). The molecule has 0 N–H and O–H groups in total. The van der Waals surface area contributed by atoms with E-state index in [1.54, 1.807) is 23.1 Å². The summed E-state index contributed by atoms with van der Waals surface area (Å²) in [5.74, 6) is 1.03. The van der Waals surface area contributed by atoms with Crippen LogP contribution in [0, 0.1) is 0 Å². The number of rotatable bonds is 6. The van der Waals surface area contributed by atoms with Crippen molar-refractivity contribution in [3.8, 4) is 0 Å². The molecule has 0 atom stereocenters. The fraction of sp³-hybridized carbons (Fsp3) is 0.364. The highest BCUT2D eigenvalue weighted by molar-refractivity contribution is 7.99. The van der Waals surface area contributed by atoms with Crippen LogP contribution in [0.4, 0.5) is 5.13 Å². The van der Waals surface area contributed by atoms with Crippen molar-refractivity contribution < 1.29 is 4.79 Å². The van der Waals surface area contributed by atoms with E-state index < -0.39 is 0 Å². The van der Waals surface area contributed by atoms with Gasteiger partial charge in [-0.2, -0.15) is 0 Å². The zero-order chi connectivity index (χ0) is 20.2. The number of hydrogen-bond donors (Lipinski definition) is 0. The normalized spacial score (nSPS) is 14.6. The minimum atomic E-state index is 0.240. The van der Waals surface area contributed by atoms with Crippen molar-refractivity contribution in [2.75, 3.05) is 36.8 Å². The van der Waals surface area contributed by atoms with Gasteiger partial charge in [0.2, 0.25) is 5.91 Å². The average molecular weight is 446 g/mol. The summed E-state index contributed by atoms with van der Waals surface area (Å²) in [5, 5.41) is 1.81. The number of carbonyl (C=O) groups is 1. The Hall–Kier alpha value is -1.76. The van der Waals surface area contributed by atoms with Gasteiger partial charge in [-0.15, -0.1) is 11.8 Å². The number of benzene rings is 2. The van der Waals surface area contributed by atoms with Crippen molar-refractivity contribution in [1.29, 1.82) is 0 Å². The smallest absolute Gasteiger partial charge is 0.223 e. The molecule has 1 amide bonds. The van der Waals surface area contributed by atoms with Gasteiger partial charge in [0, 0.05) is 48.3 Å². The van der Waals surface area contributed by atoms with Gasteiger partial charge in [0.05, 0.1) is 10.2 Å². The van der Waals surface area contributed by atoms with Crippen molar-refractivity contribution in [1.82, 2.24) is 9.88 Å². The highest BCUT2D eigenvalue weighted by Crippen LogP contribution is 2.31. The maximum atomic E-state index is 12.6. The average Bonchev–Trinajstić information content (AvgIpc) is 3.19. The van der Waals surface area contributed by atoms with Gasteiger partial charge in [-0.3, -0.25) is 4.79 Å². The van der Waals surface area contributed by atoms with Crippen LogP contribution in [0.15, 0.2) is 47.4 Å². The molecule has 1 fully saturated rings. The Balaban J connectivity index is 1.28. The summed E-state index contributed by atoms with van der Waals surface area (Å²) in [7, 11) is 0. The first-order valence-electron chi connectivity index (χ1n) is 9.93. The lowest BCUT2D eigenvalue weighted by Crippen LogP contribution is -2.48. The van der Waals surface area contributed by atoms with Crippen molar-refractivity contribution in [3.63, 3.8) is 0 Å². The van der Waals surface area contributed by atoms with E-state index in [1.807, 2.05) is 29.2 Å². The molecule has 1 aromatic heterocycles. The largest absolute Gasteiger partial charge is 0.345 e. The molecule has 1 saturated heterocycles. The van der Waals surface area contributed by atoms with Gasteiger partial charge >= 0.3 is 0 Å². The maximum absolute atomic E-state index is 12.6. The van der Waals surface area contributed by atoms with E-state index in [0.717, 1.165) is 58.9 Å². The van der Waals surface area contributed by atoms with Crippen LogP contribution in [0.25, 0.3) is 10.2 Å². The third-order valence-corrected chi connectivity index (χ3v) is 7.52. The molecule has 0 radical (unpaired) electrons. The minimum Gasteiger partial charge on any atom is -0.345 e. The van der Waals surface area contributed by atoms with Crippen molar-refractivity contribution in [3.05, 3.63) is 53.1 Å². The SMILES string of the molecule is CCc1cccc2sc(N3CCN(C(=O)CCSc4ccc(Cl)cc4)CC3)nc12. The maximum Gasteiger partial charge on any atom is 0.223 e. The highest BCUT2D eigenvalue weighted by atomic mass is 35.5. The van der Waals surface area contributed by atoms with Crippen molar-refractivity contribution >= 4 is 56.0 Å². The van der Waals surface area contributed by atoms with Crippen molar-refractivity contribution in [2.45, 2.75) is 24.7 Å². The molecule has 2 aromatic carbocycles. The Bertz CT molecular complexity index is 981. The number of anilines is 1. The van der Waals surface area contributed by atoms with Gasteiger partial charge in [-0.1, -0.05) is 42.0 Å². The molecular formula is C22H24ClN3OS2. The number of piperazine rings is 1. The molecule has 29 heavy (non-hydrogen) atoms. The first-order chi connectivity index (χ1) is 14.1. The summed E-state index contributed by atoms with van der Waals surface area (Å²) < 4.78 is 1.25. The molecule has 0 bridgehead atoms. The molecule has 1 aliphatic heterocycles. The molecule has 0 saturated carbocycles. The van der Waals surface area contributed by atoms with Crippen LogP contribution in [0.5, 0.6) is 0 Å². The number of amides is 1. The Morgan fingerprint density at radius 3 is 2.62 bits per heavy atom. The topological polar surface area (TPSA) is 36.4 Å². The number of para-hydroxylation sites is 1. The van der Waals surface area contributed by atoms with Crippen LogP contribution >= 0.6 is 34.7 Å². The van der Waals surface area contributed by atoms with E-state index in [4.69, 9.17) is 16.6 Å². The lowest BCUT2D eigenvalue weighted by atomic mass is 10.1. The second-order valence-electron chi connectivity index (χ2n) is 7.03. The van der Waals surface area contributed by atoms with Crippen LogP contribution < -0.4 is 4.90 Å². The summed E-state index contributed by atoms with van der Waals surface area (Å²) >= 11 is 9.37. The molecule has 0 spiro atoms. The lowest BCUT2D eigenvalue weighted by molar-refractivity contribution is -0.131. The number of carbonyl (C=O) groups excluding carboxylic acids is 1. The third kappa shape index (κ3) is 4.87. The number of halogens is 1. The van der Waals surface area contributed by atoms with E-state index in [0.29, 0.717) is 6.42 Å². The van der Waals surface area contributed by atoms with Crippen LogP contribution in [-0.4, -0.2) is 47.7 Å². The van der Waals surface area contributed by atoms with E-state index in [-0.39, 0.29) is 5.91 Å². The molecule has 0 aliphatic carbocycles. The predicted molar refractivity (Wildman–Crippen MR) is 125 cm³/mol. The standard InChI is InChI=1S/C22H24ClN3OS2/c1-2-16-4-3-5-19-21(16)24-22(29-19)26-13-11-25(12-14-26)20(27)10-15-28-18-8-6-17(23)7-9-18/h3-9H,2,10-15H2,1H3. The van der Waals surface area contributed by atoms with Gasteiger partial charge in [-0.25, -0.2) is 4.98 Å². The number of aromatic nitrogens is 1. The number of nitrogens with zero attached hydrogens (tertiary/aromatic N) is 3. The van der Waals surface area contributed by atoms with E-state index in [9.17, 15) is 4.79 Å². The minimum absolute atomic E-state index is 0.240. The summed E-state index contributed by atoms with van der Waals surface area (Å²) in [5.41, 5.74) is 2.43. The number of fused-ring (bicyclic) bond motifs is 1. The van der Waals surface area contributed by atoms with Gasteiger partial charge in [0.1, 0.15) is 0 Å². The Morgan fingerprint density at radius 1 is 1.14 bits per heavy atom. The van der Waals surface area contributed by atoms with Crippen LogP contribution in [0.1, 0.15) is 18.9 Å². The van der Waals surface area contributed by atoms with Gasteiger partial charge in [0.15, 0.2) is 5.13 Å². The second kappa shape index (κ2) is 9.37. The Morgan fingerprint density at radius 2 is 1.90 bits per heavy atom. The zero-order valence-corrected chi connectivity index (χ0v) is 18.8. The molecule has 1 aliphatic rings. The fourth-order valence-corrected chi connectivity index (χ4v) is 5.54. The molecule has 152 valence electrons. The van der Waals surface area contributed by atoms with E-state index >= 15 is 0 Å². The number of aryl methyl sites for hydroxylation is 1. The van der Waals surface area contributed by atoms with Gasteiger partial charge < -0.3 is 9.80 Å². The molecule has 0 unspecified atom stereocenters. The van der Waals surface area contributed by atoms with Crippen molar-refractivity contribution in [2.24, 2.45) is 0 Å². The van der Waals surface area contributed by atoms with Crippen LogP contribution in [0.2, 0.25) is 5.02 Å². The fourth-order valence-electron chi connectivity index (χ4n) is 3.51. The van der Waals surface area contributed by atoms with Gasteiger partial charge in [0.25, 0.3) is 0 Å². The Kier molecular flexibility index (Phi) is 6.63. The number of thioether (sulfide) groups is 1. The van der Waals surface area contributed by atoms with Crippen LogP contribution in [-0.2, 0) is 11.2 Å². The second-order valence-corrected chi connectivity index (χ2v) is 9.65. The zero-order valence-electron chi connectivity index (χ0n) is 16.4. The van der Waals surface area contributed by atoms with E-state index in [1.165, 1.54) is 10.3 Å². The number of thiazole rings is 1. The first-order valence-corrected chi connectivity index (χ1v) is 12.1. The molecule has 4 nitrogen and oxygen atoms in total. The molecular weight excluding hydrogens is 422 g/mol. The monoisotopic (exact) mass is 445 g/mol. The highest BCUT2D eigenvalue weighted by Gasteiger charge is 2.23. The molecule has 3 aromatic rings. The summed E-state index contributed by atoms with van der Waals surface area (Å²) in [6, 6.07) is 14.2. The van der Waals surface area contributed by atoms with E-state index in [2.05, 4.69) is 30.0 Å². The predicted octanol–water partition coefficient (Wildman–Crippen LogP) is 5.34. The lowest BCUT2D eigenvalue weighted by Gasteiger charge is -2.34. The molecule has 7 heteroatoms. The Labute approximate surface area is 184 Å².